The van der Waals surface area contributed by atoms with Crippen LogP contribution in [-0.2, 0) is 9.47 Å². The Kier molecular flexibility index (Phi) is 3.79. The predicted molar refractivity (Wildman–Crippen MR) is 57.4 cm³/mol. The second-order valence-electron chi connectivity index (χ2n) is 4.21. The highest BCUT2D eigenvalue weighted by atomic mass is 19.4. The third kappa shape index (κ3) is 3.46. The van der Waals surface area contributed by atoms with E-state index in [1.54, 1.807) is 13.1 Å². The van der Waals surface area contributed by atoms with Crippen LogP contribution in [-0.4, -0.2) is 34.8 Å². The number of rotatable bonds is 4. The molecule has 1 aromatic heterocycles. The fourth-order valence-electron chi connectivity index (χ4n) is 1.89. The smallest absolute Gasteiger partial charge is 0.461 e. The molecule has 106 valence electrons. The molecule has 8 heteroatoms. The molecule has 19 heavy (non-hydrogen) atoms. The number of hydrogen-bond donors (Lipinski definition) is 0. The van der Waals surface area contributed by atoms with Gasteiger partial charge in [-0.1, -0.05) is 0 Å². The number of carbonyl (C=O) groups is 1. The van der Waals surface area contributed by atoms with Crippen molar-refractivity contribution in [3.8, 4) is 0 Å². The van der Waals surface area contributed by atoms with Crippen molar-refractivity contribution in [2.75, 3.05) is 6.61 Å². The van der Waals surface area contributed by atoms with Crippen LogP contribution in [0, 0.1) is 0 Å². The van der Waals surface area contributed by atoms with Gasteiger partial charge in [0.15, 0.2) is 5.69 Å². The maximum absolute atomic E-state index is 11.9. The summed E-state index contributed by atoms with van der Waals surface area (Å²) >= 11 is 0. The van der Waals surface area contributed by atoms with E-state index in [1.165, 1.54) is 10.7 Å². The molecule has 1 aliphatic carbocycles. The van der Waals surface area contributed by atoms with Gasteiger partial charge in [-0.3, -0.25) is 9.42 Å². The summed E-state index contributed by atoms with van der Waals surface area (Å²) in [5, 5.41) is 3.99. The number of hydrogen-bond acceptors (Lipinski definition) is 4. The molecule has 1 aliphatic rings. The van der Waals surface area contributed by atoms with Gasteiger partial charge in [-0.25, -0.2) is 4.79 Å². The molecule has 0 unspecified atom stereocenters. The zero-order valence-corrected chi connectivity index (χ0v) is 10.2. The molecule has 0 aliphatic heterocycles. The Labute approximate surface area is 107 Å². The molecule has 1 fully saturated rings. The minimum absolute atomic E-state index is 0.155. The standard InChI is InChI=1S/C11H13F3N2O3/c1-2-18-10(17)9-3-4-16(15-9)7-5-8(6-7)19-11(12,13)14/h3-4,7-8H,2,5-6H2,1H3. The number of halogens is 3. The quantitative estimate of drug-likeness (QED) is 0.793. The van der Waals surface area contributed by atoms with Crippen LogP contribution < -0.4 is 0 Å². The van der Waals surface area contributed by atoms with Gasteiger partial charge in [-0.2, -0.15) is 5.10 Å². The highest BCUT2D eigenvalue weighted by Crippen LogP contribution is 2.37. The van der Waals surface area contributed by atoms with E-state index < -0.39 is 18.4 Å². The number of ether oxygens (including phenoxy) is 2. The fraction of sp³-hybridized carbons (Fsp3) is 0.636. The molecule has 2 rings (SSSR count). The Morgan fingerprint density at radius 2 is 2.21 bits per heavy atom. The van der Waals surface area contributed by atoms with Crippen LogP contribution in [0.15, 0.2) is 12.3 Å². The molecule has 1 aromatic rings. The Morgan fingerprint density at radius 3 is 2.79 bits per heavy atom. The van der Waals surface area contributed by atoms with E-state index in [4.69, 9.17) is 4.74 Å². The van der Waals surface area contributed by atoms with Crippen molar-refractivity contribution in [2.24, 2.45) is 0 Å². The first-order chi connectivity index (χ1) is 8.89. The van der Waals surface area contributed by atoms with Crippen molar-refractivity contribution in [3.63, 3.8) is 0 Å². The zero-order valence-electron chi connectivity index (χ0n) is 10.2. The minimum Gasteiger partial charge on any atom is -0.461 e. The van der Waals surface area contributed by atoms with Crippen molar-refractivity contribution in [3.05, 3.63) is 18.0 Å². The van der Waals surface area contributed by atoms with Gasteiger partial charge in [0.05, 0.1) is 18.8 Å². The average molecular weight is 278 g/mol. The van der Waals surface area contributed by atoms with Gasteiger partial charge in [-0.15, -0.1) is 13.2 Å². The Hall–Kier alpha value is -1.57. The van der Waals surface area contributed by atoms with Crippen molar-refractivity contribution in [1.29, 1.82) is 0 Å². The first-order valence-corrected chi connectivity index (χ1v) is 5.86. The lowest BCUT2D eigenvalue weighted by molar-refractivity contribution is -0.353. The maximum atomic E-state index is 11.9. The minimum atomic E-state index is -4.60. The molecule has 5 nitrogen and oxygen atoms in total. The van der Waals surface area contributed by atoms with Crippen molar-refractivity contribution in [2.45, 2.75) is 38.3 Å². The molecular weight excluding hydrogens is 265 g/mol. The molecule has 0 aromatic carbocycles. The van der Waals surface area contributed by atoms with Crippen LogP contribution in [0.4, 0.5) is 13.2 Å². The SMILES string of the molecule is CCOC(=O)c1ccn(C2CC(OC(F)(F)F)C2)n1. The highest BCUT2D eigenvalue weighted by Gasteiger charge is 2.41. The molecule has 0 radical (unpaired) electrons. The Morgan fingerprint density at radius 1 is 1.53 bits per heavy atom. The van der Waals surface area contributed by atoms with E-state index in [-0.39, 0.29) is 31.2 Å². The number of aromatic nitrogens is 2. The largest absolute Gasteiger partial charge is 0.522 e. The van der Waals surface area contributed by atoms with E-state index in [2.05, 4.69) is 9.84 Å². The normalized spacial score (nSPS) is 22.9. The van der Waals surface area contributed by atoms with Gasteiger partial charge in [-0.05, 0) is 25.8 Å². The van der Waals surface area contributed by atoms with Crippen LogP contribution in [0.1, 0.15) is 36.3 Å². The molecule has 1 saturated carbocycles. The molecule has 0 amide bonds. The Bertz CT molecular complexity index is 452. The van der Waals surface area contributed by atoms with Gasteiger partial charge in [0.1, 0.15) is 0 Å². The first kappa shape index (κ1) is 13.9. The second-order valence-corrected chi connectivity index (χ2v) is 4.21. The molecule has 0 spiro atoms. The third-order valence-corrected chi connectivity index (χ3v) is 2.84. The van der Waals surface area contributed by atoms with Gasteiger partial charge >= 0.3 is 12.3 Å². The van der Waals surface area contributed by atoms with Crippen LogP contribution in [0.25, 0.3) is 0 Å². The summed E-state index contributed by atoms with van der Waals surface area (Å²) in [4.78, 5) is 11.4. The molecule has 0 atom stereocenters. The van der Waals surface area contributed by atoms with Gasteiger partial charge in [0.2, 0.25) is 0 Å². The summed E-state index contributed by atoms with van der Waals surface area (Å²) in [6.45, 7) is 1.93. The topological polar surface area (TPSA) is 53.4 Å². The lowest BCUT2D eigenvalue weighted by Crippen LogP contribution is -2.37. The molecule has 0 N–H and O–H groups in total. The van der Waals surface area contributed by atoms with Crippen molar-refractivity contribution in [1.82, 2.24) is 9.78 Å². The number of esters is 1. The van der Waals surface area contributed by atoms with Crippen LogP contribution in [0.3, 0.4) is 0 Å². The van der Waals surface area contributed by atoms with E-state index in [9.17, 15) is 18.0 Å². The van der Waals surface area contributed by atoms with Crippen molar-refractivity contribution >= 4 is 5.97 Å². The predicted octanol–water partition coefficient (Wildman–Crippen LogP) is 2.30. The van der Waals surface area contributed by atoms with E-state index in [0.717, 1.165) is 0 Å². The monoisotopic (exact) mass is 278 g/mol. The molecular formula is C11H13F3N2O3. The van der Waals surface area contributed by atoms with Gasteiger partial charge < -0.3 is 4.74 Å². The Balaban J connectivity index is 1.87. The molecule has 0 bridgehead atoms. The lowest BCUT2D eigenvalue weighted by Gasteiger charge is -2.35. The number of carbonyl (C=O) groups excluding carboxylic acids is 1. The first-order valence-electron chi connectivity index (χ1n) is 5.86. The summed E-state index contributed by atoms with van der Waals surface area (Å²) in [5.41, 5.74) is 0.155. The second kappa shape index (κ2) is 5.20. The van der Waals surface area contributed by atoms with Crippen molar-refractivity contribution < 1.29 is 27.4 Å². The summed E-state index contributed by atoms with van der Waals surface area (Å²) in [7, 11) is 0. The maximum Gasteiger partial charge on any atom is 0.522 e. The van der Waals surface area contributed by atoms with Gasteiger partial charge in [0.25, 0.3) is 0 Å². The zero-order chi connectivity index (χ0) is 14.0. The van der Waals surface area contributed by atoms with Crippen LogP contribution in [0.2, 0.25) is 0 Å². The fourth-order valence-corrected chi connectivity index (χ4v) is 1.89. The molecule has 0 saturated heterocycles. The number of alkyl halides is 3. The van der Waals surface area contributed by atoms with Crippen LogP contribution >= 0.6 is 0 Å². The van der Waals surface area contributed by atoms with Crippen LogP contribution in [0.5, 0.6) is 0 Å². The number of nitrogens with zero attached hydrogens (tertiary/aromatic N) is 2. The van der Waals surface area contributed by atoms with E-state index in [0.29, 0.717) is 0 Å². The summed E-state index contributed by atoms with van der Waals surface area (Å²) in [6, 6.07) is 1.31. The summed E-state index contributed by atoms with van der Waals surface area (Å²) in [5.74, 6) is -0.538. The van der Waals surface area contributed by atoms with Gasteiger partial charge in [0, 0.05) is 6.20 Å². The third-order valence-electron chi connectivity index (χ3n) is 2.84. The lowest BCUT2D eigenvalue weighted by atomic mass is 9.89. The highest BCUT2D eigenvalue weighted by molar-refractivity contribution is 5.86. The average Bonchev–Trinajstić information content (AvgIpc) is 2.70. The van der Waals surface area contributed by atoms with E-state index >= 15 is 0 Å². The molecule has 1 heterocycles. The van der Waals surface area contributed by atoms with E-state index in [1.807, 2.05) is 0 Å². The summed E-state index contributed by atoms with van der Waals surface area (Å²) < 4.78 is 46.0. The summed E-state index contributed by atoms with van der Waals surface area (Å²) in [6.07, 6.45) is -3.43.